The zero-order valence-corrected chi connectivity index (χ0v) is 34.1. The Morgan fingerprint density at radius 1 is 0.333 bits per heavy atom. The molecule has 10 aromatic rings. The lowest BCUT2D eigenvalue weighted by Crippen LogP contribution is -2.38. The van der Waals surface area contributed by atoms with E-state index in [4.69, 9.17) is 19.7 Å². The molecule has 0 aliphatic carbocycles. The molecule has 1 aromatic heterocycles. The molecule has 11 rings (SSSR count). The fourth-order valence-corrected chi connectivity index (χ4v) is 8.81. The van der Waals surface area contributed by atoms with Gasteiger partial charge in [0.2, 0.25) is 0 Å². The predicted octanol–water partition coefficient (Wildman–Crippen LogP) is 14.4. The van der Waals surface area contributed by atoms with Crippen molar-refractivity contribution in [3.05, 3.63) is 253 Å². The summed E-state index contributed by atoms with van der Waals surface area (Å²) in [6, 6.07) is 77.5. The van der Waals surface area contributed by atoms with Crippen molar-refractivity contribution in [3.63, 3.8) is 0 Å². The van der Waals surface area contributed by atoms with Crippen molar-refractivity contribution in [1.82, 2.24) is 15.0 Å². The molecule has 0 N–H and O–H groups in total. The zero-order chi connectivity index (χ0) is 42.2. The van der Waals surface area contributed by atoms with Gasteiger partial charge in [0.15, 0.2) is 23.1 Å². The fourth-order valence-electron chi connectivity index (χ4n) is 8.81. The van der Waals surface area contributed by atoms with Gasteiger partial charge in [0.25, 0.3) is 0 Å². The monoisotopic (exact) mass is 811 g/mol. The quantitative estimate of drug-likeness (QED) is 0.153. The third-order valence-corrected chi connectivity index (χ3v) is 11.8. The maximum absolute atomic E-state index is 13.8. The van der Waals surface area contributed by atoms with Gasteiger partial charge in [0.1, 0.15) is 11.6 Å². The maximum Gasteiger partial charge on any atom is 0.185 e. The molecule has 0 bridgehead atoms. The summed E-state index contributed by atoms with van der Waals surface area (Å²) >= 11 is 0. The number of aromatic nitrogens is 3. The highest BCUT2D eigenvalue weighted by Gasteiger charge is 2.45. The standard InChI is InChI=1S/C58H38FN3O/c59-49-34-32-42(33-35-49)41-28-30-43(31-29-41)55-60-56(46-37-44(39-16-5-1-6-17-39)36-45(38-46)40-18-7-2-8-19-40)62-57(61-55)51-25-15-27-53-54(51)50-24-13-14-26-52(50)58(63-53,47-20-9-3-10-21-47)48-22-11-4-12-23-48/h1-38H. The maximum atomic E-state index is 13.8. The van der Waals surface area contributed by atoms with Crippen LogP contribution in [0.2, 0.25) is 0 Å². The minimum absolute atomic E-state index is 0.269. The molecule has 1 aliphatic rings. The van der Waals surface area contributed by atoms with E-state index in [-0.39, 0.29) is 5.82 Å². The van der Waals surface area contributed by atoms with E-state index in [1.165, 1.54) is 12.1 Å². The van der Waals surface area contributed by atoms with Crippen molar-refractivity contribution >= 4 is 0 Å². The van der Waals surface area contributed by atoms with Crippen molar-refractivity contribution in [3.8, 4) is 84.4 Å². The predicted molar refractivity (Wildman–Crippen MR) is 251 cm³/mol. The minimum atomic E-state index is -0.919. The second kappa shape index (κ2) is 16.0. The third-order valence-electron chi connectivity index (χ3n) is 11.8. The van der Waals surface area contributed by atoms with Gasteiger partial charge in [0.05, 0.1) is 0 Å². The van der Waals surface area contributed by atoms with Crippen LogP contribution in [0.1, 0.15) is 16.7 Å². The number of nitrogens with zero attached hydrogens (tertiary/aromatic N) is 3. The number of hydrogen-bond acceptors (Lipinski definition) is 4. The molecule has 63 heavy (non-hydrogen) atoms. The number of rotatable bonds is 8. The van der Waals surface area contributed by atoms with Crippen molar-refractivity contribution in [2.24, 2.45) is 0 Å². The van der Waals surface area contributed by atoms with E-state index in [2.05, 4.69) is 146 Å². The van der Waals surface area contributed by atoms with Crippen LogP contribution in [-0.4, -0.2) is 15.0 Å². The van der Waals surface area contributed by atoms with Crippen molar-refractivity contribution < 1.29 is 9.13 Å². The van der Waals surface area contributed by atoms with E-state index in [0.29, 0.717) is 17.5 Å². The van der Waals surface area contributed by atoms with Crippen LogP contribution in [0.3, 0.4) is 0 Å². The summed E-state index contributed by atoms with van der Waals surface area (Å²) < 4.78 is 21.2. The largest absolute Gasteiger partial charge is 0.472 e. The topological polar surface area (TPSA) is 47.9 Å². The molecular formula is C58H38FN3O. The van der Waals surface area contributed by atoms with E-state index in [9.17, 15) is 4.39 Å². The summed E-state index contributed by atoms with van der Waals surface area (Å²) in [6.45, 7) is 0. The SMILES string of the molecule is Fc1ccc(-c2ccc(-c3nc(-c4cc(-c5ccccc5)cc(-c5ccccc5)c4)nc(-c4cccc5c4-c4ccccc4C(c4ccccc4)(c4ccccc4)O5)n3)cc2)cc1. The van der Waals surface area contributed by atoms with Crippen molar-refractivity contribution in [2.75, 3.05) is 0 Å². The second-order valence-electron chi connectivity index (χ2n) is 15.7. The smallest absolute Gasteiger partial charge is 0.185 e. The first-order chi connectivity index (χ1) is 31.1. The Hall–Kier alpha value is -8.28. The van der Waals surface area contributed by atoms with Crippen molar-refractivity contribution in [1.29, 1.82) is 0 Å². The molecule has 4 nitrogen and oxygen atoms in total. The van der Waals surface area contributed by atoms with Gasteiger partial charge in [-0.3, -0.25) is 0 Å². The number of benzene rings is 9. The summed E-state index contributed by atoms with van der Waals surface area (Å²) in [6.07, 6.45) is 0. The number of ether oxygens (including phenoxy) is 1. The summed E-state index contributed by atoms with van der Waals surface area (Å²) in [5.41, 5.74) is 12.8. The number of hydrogen-bond donors (Lipinski definition) is 0. The van der Waals surface area contributed by atoms with Crippen LogP contribution in [0.15, 0.2) is 231 Å². The number of halogens is 1. The first-order valence-corrected chi connectivity index (χ1v) is 21.0. The Bertz CT molecular complexity index is 3130. The second-order valence-corrected chi connectivity index (χ2v) is 15.7. The molecule has 2 heterocycles. The molecule has 9 aromatic carbocycles. The minimum Gasteiger partial charge on any atom is -0.472 e. The molecule has 0 radical (unpaired) electrons. The van der Waals surface area contributed by atoms with Crippen molar-refractivity contribution in [2.45, 2.75) is 5.60 Å². The summed E-state index contributed by atoms with van der Waals surface area (Å²) in [7, 11) is 0. The van der Waals surface area contributed by atoms with Crippen LogP contribution in [0, 0.1) is 5.82 Å². The normalized spacial score (nSPS) is 12.5. The molecule has 5 heteroatoms. The lowest BCUT2D eigenvalue weighted by Gasteiger charge is -2.41. The van der Waals surface area contributed by atoms with E-state index in [1.54, 1.807) is 12.1 Å². The van der Waals surface area contributed by atoms with Crippen LogP contribution < -0.4 is 4.74 Å². The molecule has 0 unspecified atom stereocenters. The Labute approximate surface area is 365 Å². The Kier molecular flexibility index (Phi) is 9.55. The lowest BCUT2D eigenvalue weighted by molar-refractivity contribution is 0.152. The van der Waals surface area contributed by atoms with Crippen LogP contribution in [0.4, 0.5) is 4.39 Å². The first-order valence-electron chi connectivity index (χ1n) is 21.0. The van der Waals surface area contributed by atoms with Gasteiger partial charge in [-0.15, -0.1) is 0 Å². The zero-order valence-electron chi connectivity index (χ0n) is 34.1. The van der Waals surface area contributed by atoms with Crippen LogP contribution in [-0.2, 0) is 5.60 Å². The molecule has 0 fully saturated rings. The molecule has 0 spiro atoms. The van der Waals surface area contributed by atoms with Gasteiger partial charge >= 0.3 is 0 Å². The first kappa shape index (κ1) is 37.7. The van der Waals surface area contributed by atoms with E-state index in [1.807, 2.05) is 60.7 Å². The third kappa shape index (κ3) is 6.96. The van der Waals surface area contributed by atoms with Gasteiger partial charge < -0.3 is 4.74 Å². The van der Waals surface area contributed by atoms with E-state index in [0.717, 1.165) is 83.6 Å². The summed E-state index contributed by atoms with van der Waals surface area (Å²) in [5.74, 6) is 2.04. The highest BCUT2D eigenvalue weighted by molar-refractivity contribution is 5.91. The average molecular weight is 812 g/mol. The summed E-state index contributed by atoms with van der Waals surface area (Å²) in [4.78, 5) is 15.9. The highest BCUT2D eigenvalue weighted by atomic mass is 19.1. The average Bonchev–Trinajstić information content (AvgIpc) is 3.37. The van der Waals surface area contributed by atoms with Crippen LogP contribution in [0.5, 0.6) is 5.75 Å². The van der Waals surface area contributed by atoms with Crippen LogP contribution in [0.25, 0.3) is 78.7 Å². The van der Waals surface area contributed by atoms with E-state index < -0.39 is 5.60 Å². The summed E-state index contributed by atoms with van der Waals surface area (Å²) in [5, 5.41) is 0. The van der Waals surface area contributed by atoms with Gasteiger partial charge in [-0.2, -0.15) is 0 Å². The molecule has 0 amide bonds. The van der Waals surface area contributed by atoms with E-state index >= 15 is 0 Å². The van der Waals surface area contributed by atoms with Gasteiger partial charge in [-0.05, 0) is 75.3 Å². The Morgan fingerprint density at radius 2 is 0.762 bits per heavy atom. The lowest BCUT2D eigenvalue weighted by atomic mass is 9.74. The number of fused-ring (bicyclic) bond motifs is 3. The molecule has 0 saturated carbocycles. The Balaban J connectivity index is 1.13. The molecular weight excluding hydrogens is 774 g/mol. The highest BCUT2D eigenvalue weighted by Crippen LogP contribution is 2.54. The van der Waals surface area contributed by atoms with Crippen LogP contribution >= 0.6 is 0 Å². The Morgan fingerprint density at radius 3 is 1.35 bits per heavy atom. The van der Waals surface area contributed by atoms with Gasteiger partial charge in [-0.25, -0.2) is 19.3 Å². The molecule has 298 valence electrons. The van der Waals surface area contributed by atoms with Gasteiger partial charge in [-0.1, -0.05) is 194 Å². The fraction of sp³-hybridized carbons (Fsp3) is 0.0172. The van der Waals surface area contributed by atoms with Gasteiger partial charge in [0, 0.05) is 38.9 Å². The molecule has 0 saturated heterocycles. The molecule has 0 atom stereocenters. The molecule has 1 aliphatic heterocycles.